The molecule has 1 aromatic heterocycles. The molecule has 1 aliphatic rings. The first-order valence-electron chi connectivity index (χ1n) is 12.8. The van der Waals surface area contributed by atoms with Gasteiger partial charge in [0.2, 0.25) is 0 Å². The Morgan fingerprint density at radius 1 is 0.846 bits per heavy atom. The summed E-state index contributed by atoms with van der Waals surface area (Å²) in [6.45, 7) is 0.480. The molecular weight excluding hydrogens is 497 g/mol. The molecule has 6 nitrogen and oxygen atoms in total. The summed E-state index contributed by atoms with van der Waals surface area (Å²) in [5.41, 5.74) is 6.65. The van der Waals surface area contributed by atoms with E-state index in [1.54, 1.807) is 54.7 Å². The van der Waals surface area contributed by atoms with Crippen LogP contribution < -0.4 is 47.7 Å². The van der Waals surface area contributed by atoms with Crippen LogP contribution >= 0.6 is 0 Å². The van der Waals surface area contributed by atoms with E-state index in [0.29, 0.717) is 44.5 Å². The molecule has 2 heterocycles. The summed E-state index contributed by atoms with van der Waals surface area (Å²) in [7, 11) is 16.5. The maximum atomic E-state index is 14.3. The van der Waals surface area contributed by atoms with Gasteiger partial charge < -0.3 is 14.4 Å². The molecule has 0 fully saturated rings. The number of ether oxygens (including phenoxy) is 2. The van der Waals surface area contributed by atoms with Crippen molar-refractivity contribution in [2.75, 3.05) is 6.61 Å². The van der Waals surface area contributed by atoms with Crippen LogP contribution in [0.3, 0.4) is 0 Å². The summed E-state index contributed by atoms with van der Waals surface area (Å²) in [5, 5.41) is -0.655. The van der Waals surface area contributed by atoms with E-state index in [1.807, 2.05) is 39.2 Å². The van der Waals surface area contributed by atoms with Gasteiger partial charge in [0.25, 0.3) is 5.91 Å². The largest absolute Gasteiger partial charge is 0.573 e. The molecule has 190 valence electrons. The Morgan fingerprint density at radius 3 is 1.90 bits per heavy atom. The second-order valence-corrected chi connectivity index (χ2v) is 10.9. The van der Waals surface area contributed by atoms with Gasteiger partial charge in [-0.3, -0.25) is 4.79 Å². The normalized spacial score (nSPS) is 14.8. The van der Waals surface area contributed by atoms with Crippen LogP contribution in [-0.2, 0) is 6.54 Å². The van der Waals surface area contributed by atoms with Gasteiger partial charge in [-0.1, -0.05) is 38.2 Å². The predicted octanol–water partition coefficient (Wildman–Crippen LogP) is -10.2. The number of hydrogen-bond donors (Lipinski definition) is 0. The van der Waals surface area contributed by atoms with Crippen LogP contribution in [0.15, 0.2) is 18.5 Å². The monoisotopic (exact) mass is 523 g/mol. The van der Waals surface area contributed by atoms with E-state index in [1.165, 1.54) is 0 Å². The summed E-state index contributed by atoms with van der Waals surface area (Å²) in [6, 6.07) is 1.72. The predicted molar refractivity (Wildman–Crippen MR) is 173 cm³/mol. The molecular formula is C21H25B9F3N3O3. The Hall–Kier alpha value is -3.04. The maximum absolute atomic E-state index is 14.3. The Balaban J connectivity index is 1.97. The molecule has 0 N–H and O–H groups in total. The third kappa shape index (κ3) is 5.14. The molecule has 0 unspecified atom stereocenters. The molecule has 39 heavy (non-hydrogen) atoms. The molecule has 0 radical (unpaired) electrons. The molecule has 1 amide bonds. The molecule has 4 rings (SSSR count). The van der Waals surface area contributed by atoms with Gasteiger partial charge in [0, 0.05) is 17.7 Å². The van der Waals surface area contributed by atoms with Gasteiger partial charge in [-0.05, 0) is 17.2 Å². The van der Waals surface area contributed by atoms with E-state index < -0.39 is 11.7 Å². The quantitative estimate of drug-likeness (QED) is 0.319. The summed E-state index contributed by atoms with van der Waals surface area (Å²) < 4.78 is 50.4. The van der Waals surface area contributed by atoms with Crippen LogP contribution in [-0.4, -0.2) is 110 Å². The van der Waals surface area contributed by atoms with E-state index >= 15 is 0 Å². The lowest BCUT2D eigenvalue weighted by Crippen LogP contribution is -2.55. The first kappa shape index (κ1) is 29.0. The SMILES string of the molecule is Bc1c(B)c(-c2c(B)c(B)c3c(c2B)C(=O)N(Cc2ncccn2)C(B)(B)CO3)c(B)c(B)c1OC(F)(F)F. The van der Waals surface area contributed by atoms with Gasteiger partial charge in [-0.2, -0.15) is 0 Å². The highest BCUT2D eigenvalue weighted by atomic mass is 19.4. The van der Waals surface area contributed by atoms with E-state index in [-0.39, 0.29) is 24.8 Å². The van der Waals surface area contributed by atoms with Gasteiger partial charge in [0.05, 0.1) is 18.7 Å². The number of hydrogen-bond acceptors (Lipinski definition) is 5. The number of aromatic nitrogens is 2. The van der Waals surface area contributed by atoms with Crippen molar-refractivity contribution >= 4 is 115 Å². The zero-order valence-electron chi connectivity index (χ0n) is 23.8. The van der Waals surface area contributed by atoms with Gasteiger partial charge >= 0.3 is 6.36 Å². The van der Waals surface area contributed by atoms with E-state index in [9.17, 15) is 18.0 Å². The maximum Gasteiger partial charge on any atom is 0.573 e. The minimum atomic E-state index is -4.80. The van der Waals surface area contributed by atoms with Gasteiger partial charge in [0.15, 0.2) is 0 Å². The van der Waals surface area contributed by atoms with Gasteiger partial charge in [0.1, 0.15) is 87.9 Å². The molecule has 0 saturated heterocycles. The van der Waals surface area contributed by atoms with E-state index in [0.717, 1.165) is 22.1 Å². The second kappa shape index (κ2) is 10.2. The van der Waals surface area contributed by atoms with Crippen molar-refractivity contribution < 1.29 is 27.4 Å². The molecule has 0 bridgehead atoms. The van der Waals surface area contributed by atoms with Crippen molar-refractivity contribution in [1.29, 1.82) is 0 Å². The fourth-order valence-corrected chi connectivity index (χ4v) is 5.43. The van der Waals surface area contributed by atoms with E-state index in [4.69, 9.17) is 4.74 Å². The first-order valence-corrected chi connectivity index (χ1v) is 12.8. The van der Waals surface area contributed by atoms with Crippen molar-refractivity contribution in [2.24, 2.45) is 0 Å². The van der Waals surface area contributed by atoms with Crippen LogP contribution in [0.4, 0.5) is 13.2 Å². The van der Waals surface area contributed by atoms with E-state index in [2.05, 4.69) is 14.7 Å². The number of rotatable bonds is 4. The third-order valence-electron chi connectivity index (χ3n) is 7.96. The number of halogens is 3. The van der Waals surface area contributed by atoms with Crippen LogP contribution in [0.25, 0.3) is 11.1 Å². The molecule has 1 aliphatic heterocycles. The highest BCUT2D eigenvalue weighted by Crippen LogP contribution is 2.28. The number of nitrogens with zero attached hydrogens (tertiary/aromatic N) is 3. The third-order valence-corrected chi connectivity index (χ3v) is 7.96. The minimum absolute atomic E-state index is 0.182. The highest BCUT2D eigenvalue weighted by molar-refractivity contribution is 6.64. The number of alkyl halides is 3. The van der Waals surface area contributed by atoms with Gasteiger partial charge in [-0.25, -0.2) is 9.97 Å². The van der Waals surface area contributed by atoms with Crippen LogP contribution in [0.1, 0.15) is 16.2 Å². The number of carbonyl (C=O) groups excluding carboxylic acids is 1. The van der Waals surface area contributed by atoms with Crippen molar-refractivity contribution in [3.8, 4) is 22.6 Å². The lowest BCUT2D eigenvalue weighted by atomic mass is 9.60. The summed E-state index contributed by atoms with van der Waals surface area (Å²) >= 11 is 0. The summed E-state index contributed by atoms with van der Waals surface area (Å²) in [6.07, 6.45) is -1.52. The average molecular weight is 522 g/mol. The number of fused-ring (bicyclic) bond motifs is 1. The molecule has 2 aromatic carbocycles. The lowest BCUT2D eigenvalue weighted by Gasteiger charge is -2.36. The molecule has 0 atom stereocenters. The summed E-state index contributed by atoms with van der Waals surface area (Å²) in [4.78, 5) is 24.7. The molecule has 0 aliphatic carbocycles. The molecule has 18 heteroatoms. The fourth-order valence-electron chi connectivity index (χ4n) is 5.43. The minimum Gasteiger partial charge on any atom is -0.493 e. The Morgan fingerprint density at radius 2 is 1.36 bits per heavy atom. The Labute approximate surface area is 234 Å². The van der Waals surface area contributed by atoms with Gasteiger partial charge in [-0.15, -0.1) is 13.2 Å². The fraction of sp³-hybridized carbons (Fsp3) is 0.190. The molecule has 0 saturated carbocycles. The second-order valence-electron chi connectivity index (χ2n) is 10.9. The van der Waals surface area contributed by atoms with Crippen molar-refractivity contribution in [3.63, 3.8) is 0 Å². The molecule has 3 aromatic rings. The Bertz CT molecular complexity index is 1460. The van der Waals surface area contributed by atoms with Crippen LogP contribution in [0.2, 0.25) is 0 Å². The Kier molecular flexibility index (Phi) is 7.55. The zero-order valence-corrected chi connectivity index (χ0v) is 23.8. The van der Waals surface area contributed by atoms with Crippen LogP contribution in [0, 0.1) is 0 Å². The standard InChI is InChI=1S/C21H25B9F3N3O3/c22-10-7(8-12(24)15(27)18(16(28)13(8)25)39-21(31,32)33)11(23)14(26)17-9(10)19(37)36(20(29,30)5-38-17)4-6-34-2-1-3-35-6/h1-3H,4-5,22-30H2. The van der Waals surface area contributed by atoms with Crippen molar-refractivity contribution in [3.05, 3.63) is 29.8 Å². The first-order chi connectivity index (χ1) is 18.1. The van der Waals surface area contributed by atoms with Crippen LogP contribution in [0.5, 0.6) is 11.5 Å². The smallest absolute Gasteiger partial charge is 0.493 e. The van der Waals surface area contributed by atoms with Crippen molar-refractivity contribution in [2.45, 2.75) is 18.2 Å². The topological polar surface area (TPSA) is 64.6 Å². The summed E-state index contributed by atoms with van der Waals surface area (Å²) in [5.74, 6) is 0.659. The number of carbonyl (C=O) groups is 1. The number of amides is 1. The zero-order chi connectivity index (χ0) is 29.0. The molecule has 0 spiro atoms. The highest BCUT2D eigenvalue weighted by Gasteiger charge is 2.40. The lowest BCUT2D eigenvalue weighted by molar-refractivity contribution is -0.273. The number of benzene rings is 2. The average Bonchev–Trinajstić information content (AvgIpc) is 2.96. The van der Waals surface area contributed by atoms with Crippen molar-refractivity contribution in [1.82, 2.24) is 14.9 Å².